The Morgan fingerprint density at radius 3 is 2.62 bits per heavy atom. The molecule has 0 saturated carbocycles. The van der Waals surface area contributed by atoms with Crippen LogP contribution in [0.5, 0.6) is 0 Å². The predicted octanol–water partition coefficient (Wildman–Crippen LogP) is 4.64. The number of hydrogen-bond acceptors (Lipinski definition) is 6. The van der Waals surface area contributed by atoms with Crippen LogP contribution < -0.4 is 5.32 Å². The average Bonchev–Trinajstić information content (AvgIpc) is 3.20. The minimum Gasteiger partial charge on any atom is -0.360 e. The summed E-state index contributed by atoms with van der Waals surface area (Å²) >= 11 is 2.82. The molecule has 0 radical (unpaired) electrons. The number of aromatic nitrogens is 2. The van der Waals surface area contributed by atoms with Gasteiger partial charge in [-0.3, -0.25) is 4.79 Å². The van der Waals surface area contributed by atoms with E-state index in [2.05, 4.69) is 27.6 Å². The first kappa shape index (κ1) is 21.3. The number of thioether (sulfide) groups is 1. The van der Waals surface area contributed by atoms with Crippen LogP contribution in [0.3, 0.4) is 0 Å². The van der Waals surface area contributed by atoms with E-state index in [1.54, 1.807) is 24.1 Å². The van der Waals surface area contributed by atoms with Crippen LogP contribution in [0.4, 0.5) is 9.52 Å². The molecule has 2 aromatic carbocycles. The molecule has 152 valence electrons. The van der Waals surface area contributed by atoms with Crippen molar-refractivity contribution in [1.29, 1.82) is 0 Å². The lowest BCUT2D eigenvalue weighted by Gasteiger charge is -2.25. The molecular weight excluding hydrogens is 407 g/mol. The molecule has 3 aromatic rings. The number of benzene rings is 2. The van der Waals surface area contributed by atoms with Gasteiger partial charge in [0.15, 0.2) is 4.34 Å². The minimum atomic E-state index is -0.282. The lowest BCUT2D eigenvalue weighted by Crippen LogP contribution is -2.31. The molecule has 0 aliphatic heterocycles. The Kier molecular flexibility index (Phi) is 7.60. The summed E-state index contributed by atoms with van der Waals surface area (Å²) in [6, 6.07) is 16.3. The topological polar surface area (TPSA) is 58.1 Å². The second kappa shape index (κ2) is 10.4. The molecule has 1 amide bonds. The number of nitrogens with zero attached hydrogens (tertiary/aromatic N) is 3. The number of nitrogens with one attached hydrogen (secondary N) is 1. The van der Waals surface area contributed by atoms with Crippen LogP contribution in [0.25, 0.3) is 0 Å². The largest absolute Gasteiger partial charge is 0.360 e. The van der Waals surface area contributed by atoms with Crippen molar-refractivity contribution >= 4 is 34.1 Å². The Balaban J connectivity index is 1.44. The van der Waals surface area contributed by atoms with Crippen molar-refractivity contribution in [2.24, 2.45) is 0 Å². The van der Waals surface area contributed by atoms with Crippen LogP contribution in [-0.2, 0) is 11.2 Å². The van der Waals surface area contributed by atoms with Crippen LogP contribution in [-0.4, -0.2) is 40.3 Å². The summed E-state index contributed by atoms with van der Waals surface area (Å²) in [6.45, 7) is 2.70. The van der Waals surface area contributed by atoms with Gasteiger partial charge in [-0.15, -0.1) is 10.2 Å². The van der Waals surface area contributed by atoms with Gasteiger partial charge in [-0.2, -0.15) is 0 Å². The van der Waals surface area contributed by atoms with E-state index < -0.39 is 0 Å². The van der Waals surface area contributed by atoms with Gasteiger partial charge >= 0.3 is 0 Å². The van der Waals surface area contributed by atoms with Crippen molar-refractivity contribution in [3.63, 3.8) is 0 Å². The zero-order valence-electron chi connectivity index (χ0n) is 16.3. The Morgan fingerprint density at radius 1 is 1.17 bits per heavy atom. The fourth-order valence-corrected chi connectivity index (χ4v) is 4.41. The van der Waals surface area contributed by atoms with E-state index in [0.717, 1.165) is 28.0 Å². The van der Waals surface area contributed by atoms with Crippen LogP contribution in [0, 0.1) is 5.82 Å². The lowest BCUT2D eigenvalue weighted by atomic mass is 10.1. The van der Waals surface area contributed by atoms with Gasteiger partial charge in [0.05, 0.1) is 11.8 Å². The molecule has 1 atom stereocenters. The van der Waals surface area contributed by atoms with Gasteiger partial charge in [0.2, 0.25) is 11.0 Å². The van der Waals surface area contributed by atoms with E-state index in [0.29, 0.717) is 0 Å². The van der Waals surface area contributed by atoms with E-state index in [-0.39, 0.29) is 23.5 Å². The maximum Gasteiger partial charge on any atom is 0.233 e. The molecule has 3 rings (SSSR count). The molecule has 0 aliphatic rings. The Hall–Kier alpha value is -2.45. The van der Waals surface area contributed by atoms with Crippen LogP contribution in [0.15, 0.2) is 58.9 Å². The third-order valence-electron chi connectivity index (χ3n) is 4.59. The van der Waals surface area contributed by atoms with Gasteiger partial charge in [0.1, 0.15) is 5.82 Å². The zero-order valence-corrected chi connectivity index (χ0v) is 18.0. The quantitative estimate of drug-likeness (QED) is 0.501. The first-order valence-corrected chi connectivity index (χ1v) is 11.1. The molecule has 0 bridgehead atoms. The van der Waals surface area contributed by atoms with Crippen LogP contribution in [0.1, 0.15) is 24.1 Å². The first-order chi connectivity index (χ1) is 14.0. The second-order valence-corrected chi connectivity index (χ2v) is 8.76. The molecule has 1 unspecified atom stereocenters. The highest BCUT2D eigenvalue weighted by Crippen LogP contribution is 2.27. The van der Waals surface area contributed by atoms with E-state index in [1.165, 1.54) is 40.8 Å². The molecule has 0 saturated heterocycles. The molecule has 0 aliphatic carbocycles. The third-order valence-corrected chi connectivity index (χ3v) is 6.58. The molecular formula is C21H23FN4OS2. The Morgan fingerprint density at radius 2 is 1.90 bits per heavy atom. The summed E-state index contributed by atoms with van der Waals surface area (Å²) < 4.78 is 13.8. The van der Waals surface area contributed by atoms with Crippen molar-refractivity contribution in [3.8, 4) is 0 Å². The molecule has 1 aromatic heterocycles. The van der Waals surface area contributed by atoms with E-state index in [1.807, 2.05) is 25.1 Å². The third kappa shape index (κ3) is 6.27. The highest BCUT2D eigenvalue weighted by Gasteiger charge is 2.18. The molecule has 0 spiro atoms. The van der Waals surface area contributed by atoms with Crippen LogP contribution >= 0.6 is 23.1 Å². The van der Waals surface area contributed by atoms with Gasteiger partial charge < -0.3 is 10.2 Å². The number of hydrogen-bond donors (Lipinski definition) is 1. The van der Waals surface area contributed by atoms with E-state index >= 15 is 0 Å². The number of rotatable bonds is 9. The second-order valence-electron chi connectivity index (χ2n) is 6.56. The molecule has 5 nitrogen and oxygen atoms in total. The van der Waals surface area contributed by atoms with Gasteiger partial charge in [0.25, 0.3) is 0 Å². The van der Waals surface area contributed by atoms with Crippen molar-refractivity contribution in [2.75, 3.05) is 24.7 Å². The summed E-state index contributed by atoms with van der Waals surface area (Å²) in [6.07, 6.45) is 0.910. The number of halogens is 1. The highest BCUT2D eigenvalue weighted by molar-refractivity contribution is 8.01. The number of amides is 1. The SMILES string of the molecule is CC(c1ccc(F)cc1)N(C)C(=O)CSc1nnc(NCCc2ccccc2)s1. The monoisotopic (exact) mass is 430 g/mol. The summed E-state index contributed by atoms with van der Waals surface area (Å²) in [7, 11) is 1.76. The van der Waals surface area contributed by atoms with Crippen molar-refractivity contribution < 1.29 is 9.18 Å². The summed E-state index contributed by atoms with van der Waals surface area (Å²) in [5.41, 5.74) is 2.16. The minimum absolute atomic E-state index is 0.0133. The molecule has 8 heteroatoms. The smallest absolute Gasteiger partial charge is 0.233 e. The van der Waals surface area contributed by atoms with Crippen LogP contribution in [0.2, 0.25) is 0 Å². The summed E-state index contributed by atoms with van der Waals surface area (Å²) in [5.74, 6) is -0.0173. The molecule has 29 heavy (non-hydrogen) atoms. The first-order valence-electron chi connectivity index (χ1n) is 9.28. The fourth-order valence-electron chi connectivity index (χ4n) is 2.70. The summed E-state index contributed by atoms with van der Waals surface area (Å²) in [5, 5.41) is 12.3. The van der Waals surface area contributed by atoms with Gasteiger partial charge in [-0.1, -0.05) is 65.6 Å². The average molecular weight is 431 g/mol. The molecule has 0 fully saturated rings. The standard InChI is InChI=1S/C21H23FN4OS2/c1-15(17-8-10-18(22)11-9-17)26(2)19(27)14-28-21-25-24-20(29-21)23-13-12-16-6-4-3-5-7-16/h3-11,15H,12-14H2,1-2H3,(H,23,24). The van der Waals surface area contributed by atoms with Crippen molar-refractivity contribution in [2.45, 2.75) is 23.7 Å². The number of carbonyl (C=O) groups is 1. The zero-order chi connectivity index (χ0) is 20.6. The lowest BCUT2D eigenvalue weighted by molar-refractivity contribution is -0.128. The highest BCUT2D eigenvalue weighted by atomic mass is 32.2. The molecule has 1 heterocycles. The van der Waals surface area contributed by atoms with Gasteiger partial charge in [-0.05, 0) is 36.6 Å². The summed E-state index contributed by atoms with van der Waals surface area (Å²) in [4.78, 5) is 14.2. The van der Waals surface area contributed by atoms with Gasteiger partial charge in [-0.25, -0.2) is 4.39 Å². The maximum absolute atomic E-state index is 13.1. The number of anilines is 1. The Bertz CT molecular complexity index is 918. The van der Waals surface area contributed by atoms with E-state index in [4.69, 9.17) is 0 Å². The normalized spacial score (nSPS) is 11.8. The Labute approximate surface area is 178 Å². The van der Waals surface area contributed by atoms with Gasteiger partial charge in [0, 0.05) is 13.6 Å². The number of carbonyl (C=O) groups excluding carboxylic acids is 1. The van der Waals surface area contributed by atoms with Crippen molar-refractivity contribution in [1.82, 2.24) is 15.1 Å². The molecule has 1 N–H and O–H groups in total. The maximum atomic E-state index is 13.1. The van der Waals surface area contributed by atoms with Crippen molar-refractivity contribution in [3.05, 3.63) is 71.5 Å². The fraction of sp³-hybridized carbons (Fsp3) is 0.286. The predicted molar refractivity (Wildman–Crippen MR) is 117 cm³/mol. The van der Waals surface area contributed by atoms with E-state index in [9.17, 15) is 9.18 Å².